The highest BCUT2D eigenvalue weighted by Crippen LogP contribution is 2.26. The molecule has 2 amide bonds. The number of carbonyl (C=O) groups is 2. The van der Waals surface area contributed by atoms with Crippen LogP contribution in [0.15, 0.2) is 83.8 Å². The third-order valence-corrected chi connectivity index (χ3v) is 9.07. The number of nitrogens with zero attached hydrogens (tertiary/aromatic N) is 2. The van der Waals surface area contributed by atoms with Crippen LogP contribution in [-0.2, 0) is 26.2 Å². The van der Waals surface area contributed by atoms with Crippen molar-refractivity contribution >= 4 is 61.7 Å². The maximum atomic E-state index is 13.9. The minimum Gasteiger partial charge on any atom is -0.352 e. The molecule has 0 aliphatic rings. The molecule has 0 unspecified atom stereocenters. The van der Waals surface area contributed by atoms with E-state index in [1.54, 1.807) is 73.7 Å². The van der Waals surface area contributed by atoms with Crippen LogP contribution in [0.4, 0.5) is 5.69 Å². The highest BCUT2D eigenvalue weighted by molar-refractivity contribution is 14.1. The lowest BCUT2D eigenvalue weighted by Gasteiger charge is -2.32. The smallest absolute Gasteiger partial charge is 0.264 e. The maximum Gasteiger partial charge on any atom is 0.264 e. The fourth-order valence-corrected chi connectivity index (χ4v) is 5.70. The summed E-state index contributed by atoms with van der Waals surface area (Å²) in [6, 6.07) is 20.9. The Bertz CT molecular complexity index is 1350. The van der Waals surface area contributed by atoms with E-state index in [0.29, 0.717) is 16.3 Å². The maximum absolute atomic E-state index is 13.9. The average Bonchev–Trinajstić information content (AvgIpc) is 2.91. The van der Waals surface area contributed by atoms with Gasteiger partial charge < -0.3 is 10.2 Å². The first-order chi connectivity index (χ1) is 18.0. The predicted octanol–water partition coefficient (Wildman–Crippen LogP) is 5.47. The third-order valence-electron chi connectivity index (χ3n) is 6.19. The van der Waals surface area contributed by atoms with Crippen LogP contribution in [0.25, 0.3) is 0 Å². The van der Waals surface area contributed by atoms with E-state index in [1.807, 2.05) is 13.8 Å². The van der Waals surface area contributed by atoms with Crippen molar-refractivity contribution in [1.82, 2.24) is 10.2 Å². The van der Waals surface area contributed by atoms with E-state index in [1.165, 1.54) is 17.0 Å². The molecule has 0 radical (unpaired) electrons. The van der Waals surface area contributed by atoms with Gasteiger partial charge in [-0.05, 0) is 90.9 Å². The molecular formula is C28H31ClIN3O4S. The highest BCUT2D eigenvalue weighted by atomic mass is 127. The van der Waals surface area contributed by atoms with Crippen molar-refractivity contribution in [3.8, 4) is 0 Å². The molecule has 0 aliphatic heterocycles. The Kier molecular flexibility index (Phi) is 10.6. The number of rotatable bonds is 11. The van der Waals surface area contributed by atoms with Gasteiger partial charge in [0.15, 0.2) is 0 Å². The number of benzene rings is 3. The van der Waals surface area contributed by atoms with E-state index < -0.39 is 28.5 Å². The topological polar surface area (TPSA) is 86.8 Å². The van der Waals surface area contributed by atoms with Crippen molar-refractivity contribution in [2.45, 2.75) is 50.7 Å². The van der Waals surface area contributed by atoms with Crippen molar-refractivity contribution in [3.05, 3.63) is 93.0 Å². The van der Waals surface area contributed by atoms with Crippen LogP contribution in [0.3, 0.4) is 0 Å². The molecular weight excluding hydrogens is 637 g/mol. The third kappa shape index (κ3) is 7.48. The van der Waals surface area contributed by atoms with Gasteiger partial charge in [0.2, 0.25) is 11.8 Å². The quantitative estimate of drug-likeness (QED) is 0.275. The van der Waals surface area contributed by atoms with Gasteiger partial charge in [-0.15, -0.1) is 0 Å². The molecule has 0 fully saturated rings. The fourth-order valence-electron chi connectivity index (χ4n) is 3.71. The highest BCUT2D eigenvalue weighted by Gasteiger charge is 2.33. The number of halogens is 2. The van der Waals surface area contributed by atoms with Gasteiger partial charge in [-0.1, -0.05) is 54.9 Å². The van der Waals surface area contributed by atoms with E-state index >= 15 is 0 Å². The molecule has 38 heavy (non-hydrogen) atoms. The van der Waals surface area contributed by atoms with E-state index in [2.05, 4.69) is 27.9 Å². The Morgan fingerprint density at radius 3 is 2.16 bits per heavy atom. The summed E-state index contributed by atoms with van der Waals surface area (Å²) in [5.41, 5.74) is 0.995. The summed E-state index contributed by atoms with van der Waals surface area (Å²) >= 11 is 8.52. The van der Waals surface area contributed by atoms with Gasteiger partial charge in [-0.25, -0.2) is 8.42 Å². The number of amides is 2. The number of nitrogens with one attached hydrogen (secondary N) is 1. The van der Waals surface area contributed by atoms with Crippen LogP contribution in [0.1, 0.15) is 32.8 Å². The van der Waals surface area contributed by atoms with Crippen LogP contribution in [0.2, 0.25) is 5.02 Å². The zero-order valence-electron chi connectivity index (χ0n) is 21.5. The molecule has 10 heteroatoms. The summed E-state index contributed by atoms with van der Waals surface area (Å²) in [6.45, 7) is 5.02. The van der Waals surface area contributed by atoms with Crippen molar-refractivity contribution in [3.63, 3.8) is 0 Å². The molecule has 1 N–H and O–H groups in total. The van der Waals surface area contributed by atoms with Gasteiger partial charge in [0.1, 0.15) is 12.6 Å². The summed E-state index contributed by atoms with van der Waals surface area (Å²) < 4.78 is 29.5. The number of hydrogen-bond donors (Lipinski definition) is 1. The lowest BCUT2D eigenvalue weighted by atomic mass is 10.1. The zero-order valence-corrected chi connectivity index (χ0v) is 25.2. The van der Waals surface area contributed by atoms with Gasteiger partial charge in [0, 0.05) is 21.2 Å². The minimum absolute atomic E-state index is 0.0412. The van der Waals surface area contributed by atoms with Gasteiger partial charge in [0.25, 0.3) is 10.0 Å². The average molecular weight is 668 g/mol. The van der Waals surface area contributed by atoms with Crippen molar-refractivity contribution in [2.75, 3.05) is 10.8 Å². The normalized spacial score (nSPS) is 12.9. The molecule has 3 aromatic carbocycles. The minimum atomic E-state index is -4.09. The van der Waals surface area contributed by atoms with Crippen LogP contribution < -0.4 is 9.62 Å². The largest absolute Gasteiger partial charge is 0.352 e. The lowest BCUT2D eigenvalue weighted by Crippen LogP contribution is -2.52. The first-order valence-electron chi connectivity index (χ1n) is 12.2. The SMILES string of the molecule is CC[C@@H](C)NC(=O)[C@H](C)N(Cc1ccccc1Cl)C(=O)CN(c1ccc(I)cc1)S(=O)(=O)c1ccccc1. The molecule has 202 valence electrons. The molecule has 0 saturated heterocycles. The zero-order chi connectivity index (χ0) is 27.9. The van der Waals surface area contributed by atoms with Crippen LogP contribution in [-0.4, -0.2) is 43.8 Å². The predicted molar refractivity (Wildman–Crippen MR) is 159 cm³/mol. The molecule has 0 bridgehead atoms. The van der Waals surface area contributed by atoms with E-state index in [9.17, 15) is 18.0 Å². The molecule has 0 aliphatic carbocycles. The summed E-state index contributed by atoms with van der Waals surface area (Å²) in [7, 11) is -4.09. The van der Waals surface area contributed by atoms with Gasteiger partial charge in [-0.3, -0.25) is 13.9 Å². The monoisotopic (exact) mass is 667 g/mol. The Morgan fingerprint density at radius 1 is 0.947 bits per heavy atom. The Balaban J connectivity index is 2.02. The van der Waals surface area contributed by atoms with Crippen molar-refractivity contribution in [2.24, 2.45) is 0 Å². The lowest BCUT2D eigenvalue weighted by molar-refractivity contribution is -0.139. The molecule has 7 nitrogen and oxygen atoms in total. The molecule has 0 saturated carbocycles. The summed E-state index contributed by atoms with van der Waals surface area (Å²) in [4.78, 5) is 28.4. The van der Waals surface area contributed by atoms with Crippen LogP contribution in [0, 0.1) is 3.57 Å². The first-order valence-corrected chi connectivity index (χ1v) is 15.1. The van der Waals surface area contributed by atoms with Gasteiger partial charge in [0.05, 0.1) is 10.6 Å². The van der Waals surface area contributed by atoms with Crippen molar-refractivity contribution < 1.29 is 18.0 Å². The number of sulfonamides is 1. The van der Waals surface area contributed by atoms with Gasteiger partial charge >= 0.3 is 0 Å². The Hall–Kier alpha value is -2.63. The van der Waals surface area contributed by atoms with E-state index in [0.717, 1.165) is 14.3 Å². The number of hydrogen-bond acceptors (Lipinski definition) is 4. The van der Waals surface area contributed by atoms with Gasteiger partial charge in [-0.2, -0.15) is 0 Å². The first kappa shape index (κ1) is 29.9. The van der Waals surface area contributed by atoms with Crippen molar-refractivity contribution in [1.29, 1.82) is 0 Å². The molecule has 0 heterocycles. The Labute approximate surface area is 243 Å². The summed E-state index contributed by atoms with van der Waals surface area (Å²) in [6.07, 6.45) is 0.729. The van der Waals surface area contributed by atoms with E-state index in [-0.39, 0.29) is 23.4 Å². The molecule has 0 spiro atoms. The van der Waals surface area contributed by atoms with Crippen LogP contribution in [0.5, 0.6) is 0 Å². The number of anilines is 1. The second-order valence-electron chi connectivity index (χ2n) is 8.91. The molecule has 2 atom stereocenters. The van der Waals surface area contributed by atoms with E-state index in [4.69, 9.17) is 11.6 Å². The second-order valence-corrected chi connectivity index (χ2v) is 12.4. The second kappa shape index (κ2) is 13.4. The molecule has 3 aromatic rings. The number of carbonyl (C=O) groups excluding carboxylic acids is 2. The standard InChI is InChI=1S/C28H31ClIN3O4S/c1-4-20(2)31-28(35)21(3)32(18-22-10-8-9-13-26(22)29)27(34)19-33(24-16-14-23(30)15-17-24)38(36,37)25-11-6-5-7-12-25/h5-17,20-21H,4,18-19H2,1-3H3,(H,31,35)/t20-,21+/m1/s1. The molecule has 0 aromatic heterocycles. The fraction of sp³-hybridized carbons (Fsp3) is 0.286. The van der Waals surface area contributed by atoms with Crippen LogP contribution >= 0.6 is 34.2 Å². The Morgan fingerprint density at radius 2 is 1.55 bits per heavy atom. The summed E-state index contributed by atoms with van der Waals surface area (Å²) in [5.74, 6) is -0.860. The molecule has 3 rings (SSSR count). The summed E-state index contributed by atoms with van der Waals surface area (Å²) in [5, 5.41) is 3.36.